The quantitative estimate of drug-likeness (QED) is 0.0564. The van der Waals surface area contributed by atoms with E-state index in [1.165, 1.54) is 4.90 Å². The number of aliphatic carboxylic acids is 1. The zero-order valence-corrected chi connectivity index (χ0v) is 26.5. The Morgan fingerprint density at radius 2 is 1.86 bits per heavy atom. The van der Waals surface area contributed by atoms with E-state index in [0.29, 0.717) is 57.8 Å². The molecule has 43 heavy (non-hydrogen) atoms. The topological polar surface area (TPSA) is 131 Å². The second-order valence-electron chi connectivity index (χ2n) is 10.8. The first-order chi connectivity index (χ1) is 20.7. The van der Waals surface area contributed by atoms with Gasteiger partial charge in [-0.2, -0.15) is 0 Å². The van der Waals surface area contributed by atoms with Gasteiger partial charge in [0.25, 0.3) is 5.91 Å². The van der Waals surface area contributed by atoms with Gasteiger partial charge in [0.15, 0.2) is 0 Å². The van der Waals surface area contributed by atoms with E-state index < -0.39 is 35.1 Å². The molecule has 0 saturated carbocycles. The van der Waals surface area contributed by atoms with Crippen molar-refractivity contribution in [3.63, 3.8) is 0 Å². The molecule has 1 aromatic heterocycles. The molecule has 0 bridgehead atoms. The Morgan fingerprint density at radius 3 is 2.56 bits per heavy atom. The molecule has 2 heterocycles. The number of Topliss-reactive ketones (excluding diaryl/α,β-unsaturated/α-hetero) is 2. The Balaban J connectivity index is 1.78. The minimum atomic E-state index is -1.56. The van der Waals surface area contributed by atoms with E-state index in [2.05, 4.69) is 34.2 Å². The van der Waals surface area contributed by atoms with Gasteiger partial charge in [0.2, 0.25) is 5.78 Å². The predicted molar refractivity (Wildman–Crippen MR) is 169 cm³/mol. The highest BCUT2D eigenvalue weighted by Gasteiger charge is 2.54. The van der Waals surface area contributed by atoms with Crippen molar-refractivity contribution < 1.29 is 33.8 Å². The average Bonchev–Trinajstić information content (AvgIpc) is 3.01. The van der Waals surface area contributed by atoms with Crippen LogP contribution in [0.3, 0.4) is 0 Å². The molecule has 1 amide bonds. The highest BCUT2D eigenvalue weighted by molar-refractivity contribution is 14.1. The molecule has 1 aromatic carbocycles. The molecule has 1 N–H and O–H groups in total. The molecule has 1 saturated heterocycles. The number of likely N-dealkylation sites (tertiary alicyclic amines) is 1. The van der Waals surface area contributed by atoms with Crippen LogP contribution < -0.4 is 0 Å². The standard InChI is InChI=1S/C33H39IN2O7/c1-2-29(38)43-21-6-3-14-28(37)15-8-12-26(17-16-24-10-9-19-35-23-24)33(32(41)42)18-4-5-20-36(33)31(40)30(39)25-11-7-13-27(34)22-25/h2,7,9-11,13,19,22-23,26H,1,3-6,8,12,14-18,20-21H2,(H,41,42)/t26?,33-/m0/s1. The fourth-order valence-electron chi connectivity index (χ4n) is 5.81. The third kappa shape index (κ3) is 9.54. The second-order valence-corrected chi connectivity index (χ2v) is 12.1. The number of aryl methyl sites for hydroxylation is 1. The zero-order chi connectivity index (χ0) is 31.2. The van der Waals surface area contributed by atoms with Crippen LogP contribution in [0.4, 0.5) is 0 Å². The highest BCUT2D eigenvalue weighted by atomic mass is 127. The van der Waals surface area contributed by atoms with Crippen molar-refractivity contribution in [3.8, 4) is 0 Å². The summed E-state index contributed by atoms with van der Waals surface area (Å²) in [6.07, 6.45) is 9.62. The van der Waals surface area contributed by atoms with E-state index in [0.717, 1.165) is 15.2 Å². The maximum Gasteiger partial charge on any atom is 0.330 e. The zero-order valence-electron chi connectivity index (χ0n) is 24.3. The van der Waals surface area contributed by atoms with Gasteiger partial charge in [-0.15, -0.1) is 0 Å². The number of rotatable bonds is 17. The SMILES string of the molecule is C=CC(=O)OCCCCC(=O)CCCC(CCc1cccnc1)[C@]1(C(=O)O)CCCCN1C(=O)C(=O)c1cccc(I)c1. The van der Waals surface area contributed by atoms with Crippen LogP contribution >= 0.6 is 22.6 Å². The summed E-state index contributed by atoms with van der Waals surface area (Å²) in [5.41, 5.74) is -0.379. The molecule has 0 aliphatic carbocycles. The van der Waals surface area contributed by atoms with E-state index in [9.17, 15) is 29.1 Å². The maximum atomic E-state index is 13.7. The number of pyridine rings is 1. The van der Waals surface area contributed by atoms with Crippen LogP contribution in [0.1, 0.15) is 80.1 Å². The summed E-state index contributed by atoms with van der Waals surface area (Å²) in [6.45, 7) is 3.75. The van der Waals surface area contributed by atoms with Gasteiger partial charge in [0, 0.05) is 47.0 Å². The number of unbranched alkanes of at least 4 members (excludes halogenated alkanes) is 1. The minimum Gasteiger partial charge on any atom is -0.479 e. The summed E-state index contributed by atoms with van der Waals surface area (Å²) in [6, 6.07) is 10.5. The number of carbonyl (C=O) groups excluding carboxylic acids is 4. The van der Waals surface area contributed by atoms with Gasteiger partial charge in [0.05, 0.1) is 6.61 Å². The first kappa shape index (κ1) is 34.1. The number of halogens is 1. The molecule has 9 nitrogen and oxygen atoms in total. The number of amides is 1. The molecular weight excluding hydrogens is 663 g/mol. The van der Waals surface area contributed by atoms with E-state index in [1.54, 1.807) is 30.6 Å². The number of ether oxygens (including phenoxy) is 1. The fraction of sp³-hybridized carbons (Fsp3) is 0.455. The van der Waals surface area contributed by atoms with Crippen LogP contribution in [0.5, 0.6) is 0 Å². The Labute approximate surface area is 266 Å². The Morgan fingerprint density at radius 1 is 1.07 bits per heavy atom. The van der Waals surface area contributed by atoms with Gasteiger partial charge in [-0.1, -0.05) is 24.8 Å². The lowest BCUT2D eigenvalue weighted by Gasteiger charge is -2.48. The van der Waals surface area contributed by atoms with Crippen molar-refractivity contribution in [1.29, 1.82) is 0 Å². The summed E-state index contributed by atoms with van der Waals surface area (Å²) in [5, 5.41) is 10.8. The first-order valence-corrected chi connectivity index (χ1v) is 15.8. The van der Waals surface area contributed by atoms with Crippen LogP contribution in [0.25, 0.3) is 0 Å². The third-order valence-corrected chi connectivity index (χ3v) is 8.69. The van der Waals surface area contributed by atoms with Crippen molar-refractivity contribution in [1.82, 2.24) is 9.88 Å². The van der Waals surface area contributed by atoms with E-state index in [-0.39, 0.29) is 37.3 Å². The smallest absolute Gasteiger partial charge is 0.330 e. The summed E-state index contributed by atoms with van der Waals surface area (Å²) in [4.78, 5) is 69.5. The van der Waals surface area contributed by atoms with Gasteiger partial charge in [0.1, 0.15) is 11.3 Å². The molecule has 2 atom stereocenters. The summed E-state index contributed by atoms with van der Waals surface area (Å²) in [7, 11) is 0. The Bertz CT molecular complexity index is 1300. The largest absolute Gasteiger partial charge is 0.479 e. The fourth-order valence-corrected chi connectivity index (χ4v) is 6.36. The molecule has 0 spiro atoms. The molecule has 1 fully saturated rings. The van der Waals surface area contributed by atoms with E-state index >= 15 is 0 Å². The number of carboxylic acid groups (broad SMARTS) is 1. The molecule has 10 heteroatoms. The molecule has 0 radical (unpaired) electrons. The lowest BCUT2D eigenvalue weighted by molar-refractivity contribution is -0.166. The lowest BCUT2D eigenvalue weighted by atomic mass is 9.71. The van der Waals surface area contributed by atoms with E-state index in [1.807, 2.05) is 18.2 Å². The number of ketones is 2. The summed E-state index contributed by atoms with van der Waals surface area (Å²) in [5.74, 6) is -3.56. The number of hydrogen-bond donors (Lipinski definition) is 1. The van der Waals surface area contributed by atoms with Crippen molar-refractivity contribution in [2.24, 2.45) is 5.92 Å². The van der Waals surface area contributed by atoms with E-state index in [4.69, 9.17) is 4.74 Å². The molecule has 2 aromatic rings. The van der Waals surface area contributed by atoms with Gasteiger partial charge in [-0.05, 0) is 110 Å². The number of benzene rings is 1. The number of aromatic nitrogens is 1. The molecule has 230 valence electrons. The van der Waals surface area contributed by atoms with Crippen LogP contribution in [0.2, 0.25) is 0 Å². The van der Waals surface area contributed by atoms with Gasteiger partial charge in [-0.3, -0.25) is 19.4 Å². The summed E-state index contributed by atoms with van der Waals surface area (Å²) >= 11 is 2.07. The Kier molecular flexibility index (Phi) is 13.5. The number of piperidine rings is 1. The van der Waals surface area contributed by atoms with Crippen molar-refractivity contribution in [2.75, 3.05) is 13.2 Å². The Hall–Kier alpha value is -3.41. The normalized spacial score (nSPS) is 17.1. The average molecular weight is 703 g/mol. The van der Waals surface area contributed by atoms with Crippen molar-refractivity contribution in [2.45, 2.75) is 76.2 Å². The molecule has 1 aliphatic rings. The number of carboxylic acids is 1. The molecule has 3 rings (SSSR count). The van der Waals surface area contributed by atoms with Crippen LogP contribution in [-0.4, -0.2) is 63.1 Å². The van der Waals surface area contributed by atoms with Crippen LogP contribution in [0, 0.1) is 9.49 Å². The highest BCUT2D eigenvalue weighted by Crippen LogP contribution is 2.41. The number of hydrogen-bond acceptors (Lipinski definition) is 7. The van der Waals surface area contributed by atoms with Crippen molar-refractivity contribution in [3.05, 3.63) is 76.1 Å². The minimum absolute atomic E-state index is 0.0517. The van der Waals surface area contributed by atoms with Gasteiger partial charge >= 0.3 is 11.9 Å². The first-order valence-electron chi connectivity index (χ1n) is 14.7. The predicted octanol–water partition coefficient (Wildman–Crippen LogP) is 5.59. The maximum absolute atomic E-state index is 13.7. The monoisotopic (exact) mass is 702 g/mol. The molecule has 1 unspecified atom stereocenters. The summed E-state index contributed by atoms with van der Waals surface area (Å²) < 4.78 is 5.75. The van der Waals surface area contributed by atoms with Gasteiger partial charge in [-0.25, -0.2) is 9.59 Å². The van der Waals surface area contributed by atoms with Crippen LogP contribution in [0.15, 0.2) is 61.4 Å². The lowest BCUT2D eigenvalue weighted by Crippen LogP contribution is -2.64. The van der Waals surface area contributed by atoms with Crippen molar-refractivity contribution >= 4 is 52.0 Å². The number of carbonyl (C=O) groups is 5. The van der Waals surface area contributed by atoms with Crippen LogP contribution in [-0.2, 0) is 30.3 Å². The number of nitrogens with zero attached hydrogens (tertiary/aromatic N) is 2. The second kappa shape index (κ2) is 17.0. The van der Waals surface area contributed by atoms with Gasteiger partial charge < -0.3 is 14.7 Å². The molecular formula is C33H39IN2O7. The third-order valence-electron chi connectivity index (χ3n) is 8.02. The number of esters is 1. The molecule has 1 aliphatic heterocycles.